The summed E-state index contributed by atoms with van der Waals surface area (Å²) >= 11 is 5.78. The number of carbonyl (C=O) groups excluding carboxylic acids is 2. The maximum Gasteiger partial charge on any atom is 0.338 e. The summed E-state index contributed by atoms with van der Waals surface area (Å²) in [4.78, 5) is 26.2. The molecule has 0 unspecified atom stereocenters. The van der Waals surface area contributed by atoms with Gasteiger partial charge in [-0.25, -0.2) is 13.2 Å². The number of hydrogen-bond acceptors (Lipinski definition) is 5. The van der Waals surface area contributed by atoms with E-state index in [1.807, 2.05) is 0 Å². The highest BCUT2D eigenvalue weighted by atomic mass is 35.5. The number of benzene rings is 2. The normalized spacial score (nSPS) is 17.4. The van der Waals surface area contributed by atoms with Crippen LogP contribution in [0.1, 0.15) is 10.4 Å². The van der Waals surface area contributed by atoms with E-state index in [1.54, 1.807) is 42.5 Å². The van der Waals surface area contributed by atoms with Crippen LogP contribution in [-0.2, 0) is 19.4 Å². The number of ether oxygens (including phenoxy) is 1. The standard InChI is InChI=1S/C19H16ClNO5S/c20-15-8-6-14(7-9-15)19(23)26-12-18(22)21(16-4-2-1-3-5-16)17-10-11-27(24,25)13-17/h1-11,17H,12-13H2/t17-/m0/s1. The Morgan fingerprint density at radius 3 is 2.33 bits per heavy atom. The number of carbonyl (C=O) groups is 2. The third-order valence-electron chi connectivity index (χ3n) is 3.95. The Hall–Kier alpha value is -2.64. The molecule has 6 nitrogen and oxygen atoms in total. The summed E-state index contributed by atoms with van der Waals surface area (Å²) in [6, 6.07) is 14.1. The van der Waals surface area contributed by atoms with Gasteiger partial charge in [0.25, 0.3) is 5.91 Å². The van der Waals surface area contributed by atoms with Crippen LogP contribution in [0.3, 0.4) is 0 Å². The highest BCUT2D eigenvalue weighted by molar-refractivity contribution is 7.94. The van der Waals surface area contributed by atoms with Crippen LogP contribution in [-0.4, -0.2) is 38.7 Å². The first-order chi connectivity index (χ1) is 12.9. The van der Waals surface area contributed by atoms with Crippen molar-refractivity contribution in [1.82, 2.24) is 0 Å². The van der Waals surface area contributed by atoms with Crippen molar-refractivity contribution in [3.05, 3.63) is 76.7 Å². The summed E-state index contributed by atoms with van der Waals surface area (Å²) < 4.78 is 28.6. The third-order valence-corrected chi connectivity index (χ3v) is 5.58. The molecule has 3 rings (SSSR count). The molecular formula is C19H16ClNO5S. The van der Waals surface area contributed by atoms with Crippen LogP contribution >= 0.6 is 11.6 Å². The molecule has 2 aromatic rings. The predicted molar refractivity (Wildman–Crippen MR) is 102 cm³/mol. The third kappa shape index (κ3) is 4.75. The summed E-state index contributed by atoms with van der Waals surface area (Å²) in [5.41, 5.74) is 0.790. The van der Waals surface area contributed by atoms with Crippen LogP contribution in [0.25, 0.3) is 0 Å². The van der Waals surface area contributed by atoms with Gasteiger partial charge in [-0.05, 0) is 42.5 Å². The summed E-state index contributed by atoms with van der Waals surface area (Å²) in [6.45, 7) is -0.513. The van der Waals surface area contributed by atoms with Crippen molar-refractivity contribution in [1.29, 1.82) is 0 Å². The number of nitrogens with zero attached hydrogens (tertiary/aromatic N) is 1. The lowest BCUT2D eigenvalue weighted by atomic mass is 10.2. The number of anilines is 1. The van der Waals surface area contributed by atoms with Gasteiger partial charge in [0.1, 0.15) is 0 Å². The van der Waals surface area contributed by atoms with E-state index < -0.39 is 34.4 Å². The number of para-hydroxylation sites is 1. The molecule has 0 radical (unpaired) electrons. The lowest BCUT2D eigenvalue weighted by Gasteiger charge is -2.27. The lowest BCUT2D eigenvalue weighted by Crippen LogP contribution is -2.43. The molecule has 0 spiro atoms. The summed E-state index contributed by atoms with van der Waals surface area (Å²) in [7, 11) is -3.36. The molecule has 0 saturated heterocycles. The maximum atomic E-state index is 12.7. The van der Waals surface area contributed by atoms with E-state index in [1.165, 1.54) is 23.1 Å². The molecule has 0 saturated carbocycles. The maximum absolute atomic E-state index is 12.7. The second kappa shape index (κ2) is 7.94. The highest BCUT2D eigenvalue weighted by Gasteiger charge is 2.31. The van der Waals surface area contributed by atoms with Crippen LogP contribution in [0.5, 0.6) is 0 Å². The summed E-state index contributed by atoms with van der Waals surface area (Å²) in [6.07, 6.45) is 1.46. The van der Waals surface area contributed by atoms with Gasteiger partial charge in [-0.2, -0.15) is 0 Å². The minimum atomic E-state index is -3.36. The first-order valence-corrected chi connectivity index (χ1v) is 10.2. The van der Waals surface area contributed by atoms with Crippen molar-refractivity contribution in [3.8, 4) is 0 Å². The first kappa shape index (κ1) is 19.1. The van der Waals surface area contributed by atoms with Crippen molar-refractivity contribution >= 4 is 39.0 Å². The van der Waals surface area contributed by atoms with E-state index in [-0.39, 0.29) is 11.3 Å². The molecule has 1 heterocycles. The molecule has 8 heteroatoms. The van der Waals surface area contributed by atoms with Gasteiger partial charge in [0.2, 0.25) is 0 Å². The van der Waals surface area contributed by atoms with Gasteiger partial charge in [-0.1, -0.05) is 29.8 Å². The van der Waals surface area contributed by atoms with E-state index in [0.717, 1.165) is 5.41 Å². The average Bonchev–Trinajstić information content (AvgIpc) is 3.00. The molecule has 1 amide bonds. The molecule has 2 aromatic carbocycles. The zero-order valence-corrected chi connectivity index (χ0v) is 15.7. The van der Waals surface area contributed by atoms with Crippen LogP contribution in [0.15, 0.2) is 66.1 Å². The van der Waals surface area contributed by atoms with E-state index in [9.17, 15) is 18.0 Å². The molecular weight excluding hydrogens is 390 g/mol. The Labute approximate surface area is 161 Å². The fourth-order valence-corrected chi connectivity index (χ4v) is 4.09. The Morgan fingerprint density at radius 2 is 1.74 bits per heavy atom. The van der Waals surface area contributed by atoms with E-state index in [4.69, 9.17) is 16.3 Å². The zero-order valence-electron chi connectivity index (χ0n) is 14.1. The lowest BCUT2D eigenvalue weighted by molar-refractivity contribution is -0.121. The van der Waals surface area contributed by atoms with Crippen LogP contribution in [0.4, 0.5) is 5.69 Å². The minimum absolute atomic E-state index is 0.210. The summed E-state index contributed by atoms with van der Waals surface area (Å²) in [5, 5.41) is 1.58. The average molecular weight is 406 g/mol. The molecule has 140 valence electrons. The second-order valence-electron chi connectivity index (χ2n) is 5.91. The Morgan fingerprint density at radius 1 is 1.07 bits per heavy atom. The van der Waals surface area contributed by atoms with Crippen molar-refractivity contribution in [3.63, 3.8) is 0 Å². The SMILES string of the molecule is O=C(OCC(=O)N(c1ccccc1)[C@H]1C=CS(=O)(=O)C1)c1ccc(Cl)cc1. The minimum Gasteiger partial charge on any atom is -0.452 e. The van der Waals surface area contributed by atoms with Gasteiger partial charge in [0.15, 0.2) is 16.4 Å². The fourth-order valence-electron chi connectivity index (χ4n) is 2.70. The Balaban J connectivity index is 1.74. The molecule has 0 aromatic heterocycles. The number of amides is 1. The monoisotopic (exact) mass is 405 g/mol. The largest absolute Gasteiger partial charge is 0.452 e. The predicted octanol–water partition coefficient (Wildman–Crippen LogP) is 2.84. The van der Waals surface area contributed by atoms with Gasteiger partial charge in [0.05, 0.1) is 17.4 Å². The number of sulfone groups is 1. The number of hydrogen-bond donors (Lipinski definition) is 0. The van der Waals surface area contributed by atoms with Gasteiger partial charge >= 0.3 is 5.97 Å². The quantitative estimate of drug-likeness (QED) is 0.714. The van der Waals surface area contributed by atoms with E-state index in [0.29, 0.717) is 10.7 Å². The number of rotatable bonds is 5. The van der Waals surface area contributed by atoms with Crippen LogP contribution < -0.4 is 4.90 Å². The molecule has 0 fully saturated rings. The molecule has 27 heavy (non-hydrogen) atoms. The number of halogens is 1. The molecule has 1 aliphatic heterocycles. The topological polar surface area (TPSA) is 80.8 Å². The first-order valence-electron chi connectivity index (χ1n) is 8.06. The van der Waals surface area contributed by atoms with Gasteiger partial charge in [0, 0.05) is 16.1 Å². The smallest absolute Gasteiger partial charge is 0.338 e. The van der Waals surface area contributed by atoms with Gasteiger partial charge in [-0.15, -0.1) is 0 Å². The van der Waals surface area contributed by atoms with Crippen LogP contribution in [0, 0.1) is 0 Å². The fraction of sp³-hybridized carbons (Fsp3) is 0.158. The van der Waals surface area contributed by atoms with E-state index in [2.05, 4.69) is 0 Å². The molecule has 1 atom stereocenters. The Bertz CT molecular complexity index is 971. The van der Waals surface area contributed by atoms with Crippen molar-refractivity contribution in [2.45, 2.75) is 6.04 Å². The Kier molecular flexibility index (Phi) is 5.62. The second-order valence-corrected chi connectivity index (χ2v) is 8.28. The van der Waals surface area contributed by atoms with Crippen molar-refractivity contribution in [2.75, 3.05) is 17.3 Å². The highest BCUT2D eigenvalue weighted by Crippen LogP contribution is 2.23. The molecule has 1 aliphatic rings. The molecule has 0 bridgehead atoms. The summed E-state index contributed by atoms with van der Waals surface area (Å²) in [5.74, 6) is -1.39. The van der Waals surface area contributed by atoms with Gasteiger partial charge < -0.3 is 9.64 Å². The van der Waals surface area contributed by atoms with Crippen LogP contribution in [0.2, 0.25) is 5.02 Å². The van der Waals surface area contributed by atoms with Crippen molar-refractivity contribution in [2.24, 2.45) is 0 Å². The van der Waals surface area contributed by atoms with Crippen molar-refractivity contribution < 1.29 is 22.7 Å². The van der Waals surface area contributed by atoms with E-state index >= 15 is 0 Å². The van der Waals surface area contributed by atoms with Gasteiger partial charge in [-0.3, -0.25) is 4.79 Å². The molecule has 0 N–H and O–H groups in total. The number of esters is 1. The zero-order chi connectivity index (χ0) is 19.4. The molecule has 0 aliphatic carbocycles.